The molecule has 0 aliphatic carbocycles. The van der Waals surface area contributed by atoms with Gasteiger partial charge in [0.05, 0.1) is 5.52 Å². The zero-order valence-electron chi connectivity index (χ0n) is 10.3. The molecule has 0 radical (unpaired) electrons. The highest BCUT2D eigenvalue weighted by Gasteiger charge is 2.06. The highest BCUT2D eigenvalue weighted by molar-refractivity contribution is 5.91. The van der Waals surface area contributed by atoms with Crippen LogP contribution in [0.3, 0.4) is 0 Å². The second-order valence-electron chi connectivity index (χ2n) is 4.39. The van der Waals surface area contributed by atoms with Crippen LogP contribution in [-0.4, -0.2) is 22.7 Å². The molecular weight excluding hydrogens is 212 g/mol. The summed E-state index contributed by atoms with van der Waals surface area (Å²) >= 11 is 0. The first-order valence-electron chi connectivity index (χ1n) is 5.94. The molecule has 0 saturated heterocycles. The van der Waals surface area contributed by atoms with Crippen molar-refractivity contribution in [2.45, 2.75) is 26.3 Å². The highest BCUT2D eigenvalue weighted by atomic mass is 16.3. The zero-order chi connectivity index (χ0) is 12.3. The van der Waals surface area contributed by atoms with Crippen LogP contribution < -0.4 is 5.32 Å². The van der Waals surface area contributed by atoms with Gasteiger partial charge in [0.15, 0.2) is 0 Å². The molecule has 0 saturated carbocycles. The number of rotatable bonds is 4. The fourth-order valence-corrected chi connectivity index (χ4v) is 1.96. The summed E-state index contributed by atoms with van der Waals surface area (Å²) in [4.78, 5) is 4.50. The number of hydrogen-bond donors (Lipinski definition) is 2. The molecule has 0 unspecified atom stereocenters. The Morgan fingerprint density at radius 3 is 2.88 bits per heavy atom. The quantitative estimate of drug-likeness (QED) is 0.849. The predicted molar refractivity (Wildman–Crippen MR) is 71.3 cm³/mol. The molecule has 0 spiro atoms. The van der Waals surface area contributed by atoms with Crippen LogP contribution in [0.4, 0.5) is 5.69 Å². The number of nitrogens with zero attached hydrogens (tertiary/aromatic N) is 1. The Hall–Kier alpha value is -1.61. The normalized spacial score (nSPS) is 12.6. The molecule has 0 bridgehead atoms. The van der Waals surface area contributed by atoms with E-state index in [1.165, 1.54) is 0 Å². The van der Waals surface area contributed by atoms with E-state index in [9.17, 15) is 0 Å². The van der Waals surface area contributed by atoms with E-state index in [2.05, 4.69) is 29.4 Å². The monoisotopic (exact) mass is 230 g/mol. The van der Waals surface area contributed by atoms with Crippen LogP contribution in [0.1, 0.15) is 19.0 Å². The van der Waals surface area contributed by atoms with Crippen molar-refractivity contribution in [1.82, 2.24) is 4.98 Å². The lowest BCUT2D eigenvalue weighted by atomic mass is 10.1. The fourth-order valence-electron chi connectivity index (χ4n) is 1.96. The third-order valence-corrected chi connectivity index (χ3v) is 2.81. The molecule has 3 heteroatoms. The molecule has 1 aromatic carbocycles. The SMILES string of the molecule is Cc1cc(N[C@@H](C)CCO)c2ccccc2n1. The van der Waals surface area contributed by atoms with Crippen molar-refractivity contribution in [2.75, 3.05) is 11.9 Å². The van der Waals surface area contributed by atoms with Gasteiger partial charge in [-0.25, -0.2) is 0 Å². The minimum absolute atomic E-state index is 0.205. The second-order valence-corrected chi connectivity index (χ2v) is 4.39. The number of aryl methyl sites for hydroxylation is 1. The van der Waals surface area contributed by atoms with Gasteiger partial charge in [-0.05, 0) is 32.4 Å². The molecule has 2 aromatic rings. The molecule has 0 fully saturated rings. The van der Waals surface area contributed by atoms with Crippen LogP contribution in [0.5, 0.6) is 0 Å². The van der Waals surface area contributed by atoms with Gasteiger partial charge in [0.2, 0.25) is 0 Å². The molecule has 90 valence electrons. The number of pyridine rings is 1. The lowest BCUT2D eigenvalue weighted by Gasteiger charge is -2.16. The average Bonchev–Trinajstić information content (AvgIpc) is 2.29. The fraction of sp³-hybridized carbons (Fsp3) is 0.357. The van der Waals surface area contributed by atoms with E-state index in [-0.39, 0.29) is 12.6 Å². The standard InChI is InChI=1S/C14H18N2O/c1-10(7-8-17)15-14-9-11(2)16-13-6-4-3-5-12(13)14/h3-6,9-10,17H,7-8H2,1-2H3,(H,15,16)/t10-/m0/s1. The first-order chi connectivity index (χ1) is 8.20. The maximum atomic E-state index is 8.93. The van der Waals surface area contributed by atoms with E-state index in [0.717, 1.165) is 28.7 Å². The summed E-state index contributed by atoms with van der Waals surface area (Å²) in [5, 5.41) is 13.5. The van der Waals surface area contributed by atoms with Crippen molar-refractivity contribution in [3.63, 3.8) is 0 Å². The molecule has 17 heavy (non-hydrogen) atoms. The molecule has 1 aromatic heterocycles. The van der Waals surface area contributed by atoms with Crippen LogP contribution >= 0.6 is 0 Å². The van der Waals surface area contributed by atoms with Crippen molar-refractivity contribution >= 4 is 16.6 Å². The van der Waals surface area contributed by atoms with Gasteiger partial charge in [0, 0.05) is 29.4 Å². The Morgan fingerprint density at radius 2 is 2.12 bits per heavy atom. The number of hydrogen-bond acceptors (Lipinski definition) is 3. The van der Waals surface area contributed by atoms with E-state index in [0.29, 0.717) is 0 Å². The molecule has 2 N–H and O–H groups in total. The summed E-state index contributed by atoms with van der Waals surface area (Å²) in [6.07, 6.45) is 0.746. The number of nitrogens with one attached hydrogen (secondary N) is 1. The van der Waals surface area contributed by atoms with Crippen molar-refractivity contribution in [2.24, 2.45) is 0 Å². The Kier molecular flexibility index (Phi) is 3.59. The van der Waals surface area contributed by atoms with Crippen LogP contribution in [0, 0.1) is 6.92 Å². The average molecular weight is 230 g/mol. The lowest BCUT2D eigenvalue weighted by molar-refractivity contribution is 0.282. The number of aliphatic hydroxyl groups excluding tert-OH is 1. The Balaban J connectivity index is 2.38. The third kappa shape index (κ3) is 2.74. The summed E-state index contributed by atoms with van der Waals surface area (Å²) in [6.45, 7) is 4.27. The largest absolute Gasteiger partial charge is 0.396 e. The van der Waals surface area contributed by atoms with E-state index in [1.54, 1.807) is 0 Å². The van der Waals surface area contributed by atoms with Gasteiger partial charge in [-0.2, -0.15) is 0 Å². The molecule has 1 heterocycles. The summed E-state index contributed by atoms with van der Waals surface area (Å²) in [5.74, 6) is 0. The number of aliphatic hydroxyl groups is 1. The molecule has 0 aliphatic heterocycles. The highest BCUT2D eigenvalue weighted by Crippen LogP contribution is 2.23. The lowest BCUT2D eigenvalue weighted by Crippen LogP contribution is -2.16. The van der Waals surface area contributed by atoms with Crippen LogP contribution in [0.2, 0.25) is 0 Å². The van der Waals surface area contributed by atoms with Gasteiger partial charge in [0.1, 0.15) is 0 Å². The van der Waals surface area contributed by atoms with Crippen molar-refractivity contribution < 1.29 is 5.11 Å². The Labute approximate surface area is 102 Å². The molecule has 0 aliphatic rings. The first-order valence-corrected chi connectivity index (χ1v) is 5.94. The smallest absolute Gasteiger partial charge is 0.0725 e. The summed E-state index contributed by atoms with van der Waals surface area (Å²) in [7, 11) is 0. The minimum atomic E-state index is 0.205. The van der Waals surface area contributed by atoms with Gasteiger partial charge in [-0.1, -0.05) is 18.2 Å². The van der Waals surface area contributed by atoms with Crippen molar-refractivity contribution in [1.29, 1.82) is 0 Å². The first kappa shape index (κ1) is 11.9. The summed E-state index contributed by atoms with van der Waals surface area (Å²) in [5.41, 5.74) is 3.10. The van der Waals surface area contributed by atoms with Gasteiger partial charge in [0.25, 0.3) is 0 Å². The van der Waals surface area contributed by atoms with Crippen LogP contribution in [-0.2, 0) is 0 Å². The van der Waals surface area contributed by atoms with Gasteiger partial charge in [-0.3, -0.25) is 4.98 Å². The molecule has 1 atom stereocenters. The third-order valence-electron chi connectivity index (χ3n) is 2.81. The van der Waals surface area contributed by atoms with Crippen LogP contribution in [0.25, 0.3) is 10.9 Å². The summed E-state index contributed by atoms with van der Waals surface area (Å²) in [6, 6.07) is 10.4. The number of para-hydroxylation sites is 1. The number of benzene rings is 1. The molecule has 3 nitrogen and oxygen atoms in total. The van der Waals surface area contributed by atoms with Crippen molar-refractivity contribution in [3.8, 4) is 0 Å². The maximum absolute atomic E-state index is 8.93. The minimum Gasteiger partial charge on any atom is -0.396 e. The number of fused-ring (bicyclic) bond motifs is 1. The Bertz CT molecular complexity index is 511. The second kappa shape index (κ2) is 5.15. The number of anilines is 1. The van der Waals surface area contributed by atoms with Gasteiger partial charge >= 0.3 is 0 Å². The summed E-state index contributed by atoms with van der Waals surface area (Å²) < 4.78 is 0. The molecule has 0 amide bonds. The van der Waals surface area contributed by atoms with Gasteiger partial charge in [-0.15, -0.1) is 0 Å². The van der Waals surface area contributed by atoms with Crippen LogP contribution in [0.15, 0.2) is 30.3 Å². The van der Waals surface area contributed by atoms with E-state index < -0.39 is 0 Å². The van der Waals surface area contributed by atoms with Crippen molar-refractivity contribution in [3.05, 3.63) is 36.0 Å². The maximum Gasteiger partial charge on any atom is 0.0725 e. The Morgan fingerprint density at radius 1 is 1.35 bits per heavy atom. The zero-order valence-corrected chi connectivity index (χ0v) is 10.3. The van der Waals surface area contributed by atoms with Gasteiger partial charge < -0.3 is 10.4 Å². The molecule has 2 rings (SSSR count). The topological polar surface area (TPSA) is 45.1 Å². The molecular formula is C14H18N2O. The van der Waals surface area contributed by atoms with E-state index in [1.807, 2.05) is 25.1 Å². The van der Waals surface area contributed by atoms with E-state index >= 15 is 0 Å². The number of aromatic nitrogens is 1. The van der Waals surface area contributed by atoms with E-state index in [4.69, 9.17) is 5.11 Å². The predicted octanol–water partition coefficient (Wildman–Crippen LogP) is 2.73.